The smallest absolute Gasteiger partial charge is 0.331 e. The van der Waals surface area contributed by atoms with Crippen LogP contribution in [0.2, 0.25) is 0 Å². The van der Waals surface area contributed by atoms with E-state index in [1.165, 1.54) is 12.1 Å². The van der Waals surface area contributed by atoms with Crippen LogP contribution in [0.3, 0.4) is 0 Å². The van der Waals surface area contributed by atoms with Crippen molar-refractivity contribution in [3.8, 4) is 11.4 Å². The lowest BCUT2D eigenvalue weighted by atomic mass is 10.0. The van der Waals surface area contributed by atoms with Gasteiger partial charge >= 0.3 is 5.69 Å². The molecule has 0 saturated carbocycles. The summed E-state index contributed by atoms with van der Waals surface area (Å²) in [5, 5.41) is 3.94. The van der Waals surface area contributed by atoms with Gasteiger partial charge in [0.2, 0.25) is 11.7 Å². The van der Waals surface area contributed by atoms with E-state index in [9.17, 15) is 14.0 Å². The second-order valence-corrected chi connectivity index (χ2v) is 6.60. The fourth-order valence-corrected chi connectivity index (χ4v) is 3.48. The van der Waals surface area contributed by atoms with Gasteiger partial charge in [-0.2, -0.15) is 4.98 Å². The van der Waals surface area contributed by atoms with Crippen LogP contribution in [-0.2, 0) is 25.9 Å². The predicted molar refractivity (Wildman–Crippen MR) is 96.1 cm³/mol. The van der Waals surface area contributed by atoms with E-state index < -0.39 is 11.4 Å². The van der Waals surface area contributed by atoms with Crippen LogP contribution < -0.4 is 11.2 Å². The van der Waals surface area contributed by atoms with Crippen LogP contribution in [0, 0.1) is 5.82 Å². The highest BCUT2D eigenvalue weighted by molar-refractivity contribution is 5.56. The Morgan fingerprint density at radius 1 is 1.26 bits per heavy atom. The molecule has 1 aliphatic heterocycles. The third kappa shape index (κ3) is 3.11. The molecule has 1 aliphatic rings. The molecular formula is C19H19FN4O3. The summed E-state index contributed by atoms with van der Waals surface area (Å²) >= 11 is 0. The Hall–Kier alpha value is -3.03. The van der Waals surface area contributed by atoms with Crippen LogP contribution >= 0.6 is 0 Å². The van der Waals surface area contributed by atoms with Gasteiger partial charge in [-0.15, -0.1) is 0 Å². The molecule has 0 N–H and O–H groups in total. The molecule has 0 spiro atoms. The summed E-state index contributed by atoms with van der Waals surface area (Å²) < 4.78 is 21.4. The summed E-state index contributed by atoms with van der Waals surface area (Å²) in [6.07, 6.45) is 2.91. The van der Waals surface area contributed by atoms with Gasteiger partial charge in [0.15, 0.2) is 0 Å². The molecule has 27 heavy (non-hydrogen) atoms. The number of halogens is 1. The quantitative estimate of drug-likeness (QED) is 0.703. The first kappa shape index (κ1) is 17.4. The lowest BCUT2D eigenvalue weighted by molar-refractivity contribution is 0.382. The van der Waals surface area contributed by atoms with Crippen LogP contribution in [-0.4, -0.2) is 19.3 Å². The van der Waals surface area contributed by atoms with Gasteiger partial charge < -0.3 is 4.52 Å². The number of nitrogens with zero attached hydrogens (tertiary/aromatic N) is 4. The molecule has 0 aliphatic carbocycles. The van der Waals surface area contributed by atoms with Crippen LogP contribution in [0.5, 0.6) is 0 Å². The Morgan fingerprint density at radius 2 is 2.11 bits per heavy atom. The van der Waals surface area contributed by atoms with Gasteiger partial charge in [-0.25, -0.2) is 9.18 Å². The molecule has 7 nitrogen and oxygen atoms in total. The number of aryl methyl sites for hydroxylation is 1. The zero-order valence-electron chi connectivity index (χ0n) is 14.9. The Morgan fingerprint density at radius 3 is 2.85 bits per heavy atom. The first-order valence-electron chi connectivity index (χ1n) is 9.02. The molecule has 0 bridgehead atoms. The van der Waals surface area contributed by atoms with Gasteiger partial charge in [-0.05, 0) is 37.0 Å². The Labute approximate surface area is 154 Å². The molecule has 1 aromatic carbocycles. The maximum atomic E-state index is 13.5. The number of aromatic nitrogens is 4. The maximum Gasteiger partial charge on any atom is 0.331 e. The summed E-state index contributed by atoms with van der Waals surface area (Å²) in [6.45, 7) is 2.40. The minimum atomic E-state index is -0.471. The van der Waals surface area contributed by atoms with E-state index in [1.54, 1.807) is 16.7 Å². The number of fused-ring (bicyclic) bond motifs is 1. The largest absolute Gasteiger partial charge is 0.339 e. The molecule has 0 unspecified atom stereocenters. The van der Waals surface area contributed by atoms with Crippen molar-refractivity contribution in [3.05, 3.63) is 68.1 Å². The summed E-state index contributed by atoms with van der Waals surface area (Å²) in [7, 11) is 0. The number of hydrogen-bond acceptors (Lipinski definition) is 5. The van der Waals surface area contributed by atoms with E-state index in [-0.39, 0.29) is 18.1 Å². The van der Waals surface area contributed by atoms with Crippen molar-refractivity contribution in [1.29, 1.82) is 0 Å². The van der Waals surface area contributed by atoms with E-state index >= 15 is 0 Å². The molecule has 3 aromatic rings. The SMILES string of the molecule is CCc1nc(-c2c3n(c(=O)n(Cc4cccc(F)c4)c2=O)CCCC3)no1. The first-order chi connectivity index (χ1) is 13.1. The summed E-state index contributed by atoms with van der Waals surface area (Å²) in [6, 6.07) is 5.88. The van der Waals surface area contributed by atoms with E-state index in [0.717, 1.165) is 17.4 Å². The summed E-state index contributed by atoms with van der Waals surface area (Å²) in [5.74, 6) is 0.224. The van der Waals surface area contributed by atoms with Crippen molar-refractivity contribution < 1.29 is 8.91 Å². The van der Waals surface area contributed by atoms with Crippen molar-refractivity contribution >= 4 is 0 Å². The Kier molecular flexibility index (Phi) is 4.47. The van der Waals surface area contributed by atoms with Gasteiger partial charge in [0, 0.05) is 18.7 Å². The standard InChI is InChI=1S/C19H19FN4O3/c1-2-15-21-17(22-27-15)16-14-8-3-4-9-23(14)19(26)24(18(16)25)11-12-6-5-7-13(20)10-12/h5-7,10H,2-4,8-9,11H2,1H3. The molecule has 0 atom stereocenters. The zero-order chi connectivity index (χ0) is 19.0. The molecule has 3 heterocycles. The molecule has 4 rings (SSSR count). The van der Waals surface area contributed by atoms with Gasteiger partial charge in [0.25, 0.3) is 5.56 Å². The Balaban J connectivity index is 1.93. The highest BCUT2D eigenvalue weighted by Crippen LogP contribution is 2.22. The van der Waals surface area contributed by atoms with Crippen LogP contribution in [0.15, 0.2) is 38.4 Å². The molecule has 8 heteroatoms. The monoisotopic (exact) mass is 370 g/mol. The fourth-order valence-electron chi connectivity index (χ4n) is 3.48. The van der Waals surface area contributed by atoms with Crippen molar-refractivity contribution in [2.75, 3.05) is 0 Å². The van der Waals surface area contributed by atoms with Crippen molar-refractivity contribution in [3.63, 3.8) is 0 Å². The zero-order valence-corrected chi connectivity index (χ0v) is 14.9. The van der Waals surface area contributed by atoms with Crippen LogP contribution in [0.25, 0.3) is 11.4 Å². The van der Waals surface area contributed by atoms with Crippen molar-refractivity contribution in [1.82, 2.24) is 19.3 Å². The molecule has 2 aromatic heterocycles. The first-order valence-corrected chi connectivity index (χ1v) is 9.02. The second-order valence-electron chi connectivity index (χ2n) is 6.60. The number of benzene rings is 1. The molecule has 0 fully saturated rings. The molecule has 0 saturated heterocycles. The second kappa shape index (κ2) is 6.94. The lowest BCUT2D eigenvalue weighted by Crippen LogP contribution is -2.44. The molecule has 140 valence electrons. The molecule has 0 radical (unpaired) electrons. The van der Waals surface area contributed by atoms with Crippen molar-refractivity contribution in [2.24, 2.45) is 0 Å². The van der Waals surface area contributed by atoms with Crippen LogP contribution in [0.4, 0.5) is 4.39 Å². The van der Waals surface area contributed by atoms with Gasteiger partial charge in [0.05, 0.1) is 6.54 Å². The highest BCUT2D eigenvalue weighted by Gasteiger charge is 2.25. The van der Waals surface area contributed by atoms with E-state index in [4.69, 9.17) is 4.52 Å². The van der Waals surface area contributed by atoms with Gasteiger partial charge in [-0.3, -0.25) is 13.9 Å². The average molecular weight is 370 g/mol. The van der Waals surface area contributed by atoms with E-state index in [2.05, 4.69) is 10.1 Å². The number of rotatable bonds is 4. The number of hydrogen-bond donors (Lipinski definition) is 0. The summed E-state index contributed by atoms with van der Waals surface area (Å²) in [4.78, 5) is 30.4. The van der Waals surface area contributed by atoms with Crippen LogP contribution in [0.1, 0.15) is 36.9 Å². The minimum Gasteiger partial charge on any atom is -0.339 e. The lowest BCUT2D eigenvalue weighted by Gasteiger charge is -2.21. The fraction of sp³-hybridized carbons (Fsp3) is 0.368. The highest BCUT2D eigenvalue weighted by atomic mass is 19.1. The van der Waals surface area contributed by atoms with E-state index in [1.807, 2.05) is 6.92 Å². The Bertz CT molecular complexity index is 1110. The third-order valence-electron chi connectivity index (χ3n) is 4.80. The average Bonchev–Trinajstić information content (AvgIpc) is 3.14. The molecular weight excluding hydrogens is 351 g/mol. The minimum absolute atomic E-state index is 0.0127. The van der Waals surface area contributed by atoms with Gasteiger partial charge in [0.1, 0.15) is 11.4 Å². The van der Waals surface area contributed by atoms with E-state index in [0.29, 0.717) is 42.1 Å². The third-order valence-corrected chi connectivity index (χ3v) is 4.80. The maximum absolute atomic E-state index is 13.5. The molecule has 0 amide bonds. The van der Waals surface area contributed by atoms with Crippen molar-refractivity contribution in [2.45, 2.75) is 45.7 Å². The topological polar surface area (TPSA) is 82.9 Å². The van der Waals surface area contributed by atoms with Gasteiger partial charge in [-0.1, -0.05) is 24.2 Å². The summed E-state index contributed by atoms with van der Waals surface area (Å²) in [5.41, 5.74) is 0.631. The predicted octanol–water partition coefficient (Wildman–Crippen LogP) is 2.15. The normalized spacial score (nSPS) is 13.6.